The van der Waals surface area contributed by atoms with E-state index in [2.05, 4.69) is 17.6 Å². The number of thiol groups is 1. The highest BCUT2D eigenvalue weighted by molar-refractivity contribution is 7.80. The molecule has 0 N–H and O–H groups in total. The summed E-state index contributed by atoms with van der Waals surface area (Å²) in [5, 5.41) is 11.5. The van der Waals surface area contributed by atoms with Crippen molar-refractivity contribution in [2.45, 2.75) is 6.42 Å². The number of rotatable bonds is 4. The summed E-state index contributed by atoms with van der Waals surface area (Å²) in [6, 6.07) is 6.67. The molecular weight excluding hydrogens is 248 g/mol. The normalized spacial score (nSPS) is 11.2. The fraction of sp³-hybridized carbons (Fsp3) is 0.154. The van der Waals surface area contributed by atoms with Crippen LogP contribution in [0, 0.1) is 10.1 Å². The van der Waals surface area contributed by atoms with E-state index >= 15 is 0 Å². The van der Waals surface area contributed by atoms with Gasteiger partial charge in [-0.3, -0.25) is 15.1 Å². The molecule has 1 heterocycles. The monoisotopic (exact) mass is 260 g/mol. The van der Waals surface area contributed by atoms with Crippen molar-refractivity contribution in [1.29, 1.82) is 0 Å². The highest BCUT2D eigenvalue weighted by Crippen LogP contribution is 2.27. The van der Waals surface area contributed by atoms with Crippen LogP contribution in [0.5, 0.6) is 0 Å². The maximum absolute atomic E-state index is 10.9. The minimum Gasteiger partial charge on any atom is -0.258 e. The van der Waals surface area contributed by atoms with Crippen molar-refractivity contribution in [3.05, 3.63) is 52.2 Å². The zero-order valence-corrected chi connectivity index (χ0v) is 10.5. The quantitative estimate of drug-likeness (QED) is 0.520. The number of non-ortho nitro benzene ring substituents is 1. The smallest absolute Gasteiger partial charge is 0.258 e. The lowest BCUT2D eigenvalue weighted by atomic mass is 10.1. The van der Waals surface area contributed by atoms with Gasteiger partial charge in [-0.15, -0.1) is 0 Å². The van der Waals surface area contributed by atoms with Crippen molar-refractivity contribution < 1.29 is 4.92 Å². The molecule has 1 aromatic carbocycles. The lowest BCUT2D eigenvalue weighted by Gasteiger charge is -2.02. The first-order chi connectivity index (χ1) is 8.74. The number of pyridine rings is 1. The largest absolute Gasteiger partial charge is 0.278 e. The Morgan fingerprint density at radius 3 is 2.94 bits per heavy atom. The molecule has 0 aliphatic heterocycles. The molecule has 2 aromatic rings. The van der Waals surface area contributed by atoms with Crippen molar-refractivity contribution in [3.63, 3.8) is 0 Å². The Morgan fingerprint density at radius 2 is 2.22 bits per heavy atom. The average Bonchev–Trinajstić information content (AvgIpc) is 2.38. The van der Waals surface area contributed by atoms with Gasteiger partial charge >= 0.3 is 0 Å². The number of nitrogens with zero attached hydrogens (tertiary/aromatic N) is 2. The van der Waals surface area contributed by atoms with Crippen LogP contribution in [-0.4, -0.2) is 15.7 Å². The van der Waals surface area contributed by atoms with E-state index in [1.54, 1.807) is 24.4 Å². The molecule has 0 fully saturated rings. The van der Waals surface area contributed by atoms with Crippen LogP contribution >= 0.6 is 12.6 Å². The molecule has 0 atom stereocenters. The van der Waals surface area contributed by atoms with E-state index < -0.39 is 0 Å². The third kappa shape index (κ3) is 2.51. The fourth-order valence-electron chi connectivity index (χ4n) is 1.76. The second-order valence-corrected chi connectivity index (χ2v) is 4.19. The molecular formula is C13H12N2O2S. The van der Waals surface area contributed by atoms with Crippen LogP contribution in [0.1, 0.15) is 12.0 Å². The molecule has 4 nitrogen and oxygen atoms in total. The van der Waals surface area contributed by atoms with Crippen molar-refractivity contribution >= 4 is 35.3 Å². The van der Waals surface area contributed by atoms with Gasteiger partial charge in [-0.1, -0.05) is 12.2 Å². The van der Waals surface area contributed by atoms with Crippen LogP contribution in [0.4, 0.5) is 5.69 Å². The molecule has 0 saturated heterocycles. The van der Waals surface area contributed by atoms with Gasteiger partial charge in [0.15, 0.2) is 0 Å². The zero-order chi connectivity index (χ0) is 13.0. The Bertz CT molecular complexity index is 611. The summed E-state index contributed by atoms with van der Waals surface area (Å²) in [4.78, 5) is 14.8. The lowest BCUT2D eigenvalue weighted by molar-refractivity contribution is -0.383. The Labute approximate surface area is 110 Å². The maximum atomic E-state index is 10.9. The number of allylic oxidation sites excluding steroid dienone is 1. The second kappa shape index (κ2) is 5.64. The van der Waals surface area contributed by atoms with Gasteiger partial charge in [0.05, 0.1) is 15.8 Å². The van der Waals surface area contributed by atoms with Gasteiger partial charge in [-0.2, -0.15) is 12.6 Å². The molecule has 0 spiro atoms. The van der Waals surface area contributed by atoms with E-state index in [1.807, 2.05) is 12.2 Å². The van der Waals surface area contributed by atoms with E-state index in [0.29, 0.717) is 10.9 Å². The van der Waals surface area contributed by atoms with E-state index in [0.717, 1.165) is 17.7 Å². The number of aromatic nitrogens is 1. The number of hydrogen-bond acceptors (Lipinski definition) is 4. The number of fused-ring (bicyclic) bond motifs is 1. The molecule has 1 aromatic heterocycles. The van der Waals surface area contributed by atoms with Crippen LogP contribution < -0.4 is 0 Å². The highest BCUT2D eigenvalue weighted by atomic mass is 32.1. The van der Waals surface area contributed by atoms with Crippen molar-refractivity contribution in [1.82, 2.24) is 4.98 Å². The van der Waals surface area contributed by atoms with Crippen molar-refractivity contribution in [2.75, 3.05) is 5.75 Å². The molecule has 0 aliphatic rings. The van der Waals surface area contributed by atoms with Gasteiger partial charge in [0.1, 0.15) is 0 Å². The molecule has 0 amide bonds. The van der Waals surface area contributed by atoms with E-state index in [4.69, 9.17) is 0 Å². The summed E-state index contributed by atoms with van der Waals surface area (Å²) in [6.45, 7) is 0. The molecule has 92 valence electrons. The topological polar surface area (TPSA) is 56.0 Å². The molecule has 18 heavy (non-hydrogen) atoms. The summed E-state index contributed by atoms with van der Waals surface area (Å²) in [6.07, 6.45) is 6.41. The zero-order valence-electron chi connectivity index (χ0n) is 9.61. The standard InChI is InChI=1S/C13H12N2O2S/c16-15(17)12-7-6-10(4-1-2-9-18)13-11(12)5-3-8-14-13/h1,3-8,18H,2,9H2. The van der Waals surface area contributed by atoms with E-state index in [9.17, 15) is 10.1 Å². The minimum atomic E-state index is -0.384. The highest BCUT2D eigenvalue weighted by Gasteiger charge is 2.13. The maximum Gasteiger partial charge on any atom is 0.278 e. The predicted molar refractivity (Wildman–Crippen MR) is 75.9 cm³/mol. The molecule has 5 heteroatoms. The Balaban J connectivity index is 2.57. The Kier molecular flexibility index (Phi) is 3.94. The first-order valence-corrected chi connectivity index (χ1v) is 6.17. The molecule has 0 unspecified atom stereocenters. The van der Waals surface area contributed by atoms with Crippen LogP contribution in [0.15, 0.2) is 36.5 Å². The number of nitro groups is 1. The summed E-state index contributed by atoms with van der Waals surface area (Å²) in [7, 11) is 0. The first kappa shape index (κ1) is 12.6. The van der Waals surface area contributed by atoms with Crippen LogP contribution in [-0.2, 0) is 0 Å². The van der Waals surface area contributed by atoms with Crippen LogP contribution in [0.3, 0.4) is 0 Å². The number of benzene rings is 1. The van der Waals surface area contributed by atoms with Crippen LogP contribution in [0.2, 0.25) is 0 Å². The predicted octanol–water partition coefficient (Wildman–Crippen LogP) is 3.48. The SMILES string of the molecule is O=[N+]([O-])c1ccc(C=CCCS)c2ncccc12. The van der Waals surface area contributed by atoms with Gasteiger partial charge in [-0.25, -0.2) is 0 Å². The van der Waals surface area contributed by atoms with Gasteiger partial charge in [0.25, 0.3) is 5.69 Å². The summed E-state index contributed by atoms with van der Waals surface area (Å²) in [5.41, 5.74) is 1.63. The number of hydrogen-bond donors (Lipinski definition) is 1. The molecule has 0 aliphatic carbocycles. The average molecular weight is 260 g/mol. The molecule has 0 radical (unpaired) electrons. The van der Waals surface area contributed by atoms with Gasteiger partial charge in [0.2, 0.25) is 0 Å². The summed E-state index contributed by atoms with van der Waals surface area (Å²) in [5.74, 6) is 0.773. The molecule has 0 bridgehead atoms. The third-order valence-electron chi connectivity index (χ3n) is 2.57. The van der Waals surface area contributed by atoms with Gasteiger partial charge in [0, 0.05) is 17.8 Å². The summed E-state index contributed by atoms with van der Waals surface area (Å²) >= 11 is 4.13. The van der Waals surface area contributed by atoms with E-state index in [1.165, 1.54) is 6.07 Å². The second-order valence-electron chi connectivity index (χ2n) is 3.75. The minimum absolute atomic E-state index is 0.0874. The van der Waals surface area contributed by atoms with Gasteiger partial charge < -0.3 is 0 Å². The lowest BCUT2D eigenvalue weighted by Crippen LogP contribution is -1.92. The Morgan fingerprint density at radius 1 is 1.39 bits per heavy atom. The summed E-state index contributed by atoms with van der Waals surface area (Å²) < 4.78 is 0. The first-order valence-electron chi connectivity index (χ1n) is 5.53. The van der Waals surface area contributed by atoms with Gasteiger partial charge in [-0.05, 0) is 30.4 Å². The van der Waals surface area contributed by atoms with Crippen molar-refractivity contribution in [3.8, 4) is 0 Å². The molecule has 0 saturated carbocycles. The van der Waals surface area contributed by atoms with E-state index in [-0.39, 0.29) is 10.6 Å². The fourth-order valence-corrected chi connectivity index (χ4v) is 1.91. The van der Waals surface area contributed by atoms with Crippen molar-refractivity contribution in [2.24, 2.45) is 0 Å². The molecule has 2 rings (SSSR count). The number of nitro benzene ring substituents is 1. The third-order valence-corrected chi connectivity index (χ3v) is 2.83. The Hall–Kier alpha value is -1.88. The van der Waals surface area contributed by atoms with Crippen LogP contribution in [0.25, 0.3) is 17.0 Å².